The fourth-order valence-electron chi connectivity index (χ4n) is 0.947. The van der Waals surface area contributed by atoms with Crippen LogP contribution in [0.3, 0.4) is 0 Å². The lowest BCUT2D eigenvalue weighted by Crippen LogP contribution is -2.05. The van der Waals surface area contributed by atoms with Crippen LogP contribution in [0.15, 0.2) is 9.98 Å². The van der Waals surface area contributed by atoms with Gasteiger partial charge in [-0.15, -0.1) is 0 Å². The molecule has 0 aliphatic rings. The van der Waals surface area contributed by atoms with Gasteiger partial charge >= 0.3 is 0 Å². The smallest absolute Gasteiger partial charge is 0.0406 e. The van der Waals surface area contributed by atoms with Crippen molar-refractivity contribution in [3.8, 4) is 0 Å². The van der Waals surface area contributed by atoms with E-state index < -0.39 is 0 Å². The summed E-state index contributed by atoms with van der Waals surface area (Å²) in [6.45, 7) is 14.8. The second kappa shape index (κ2) is 7.61. The van der Waals surface area contributed by atoms with Crippen molar-refractivity contribution in [2.75, 3.05) is 13.1 Å². The molecule has 0 aromatic rings. The average molecular weight is 210 g/mol. The Morgan fingerprint density at radius 3 is 1.40 bits per heavy atom. The van der Waals surface area contributed by atoms with E-state index in [0.29, 0.717) is 11.8 Å². The lowest BCUT2D eigenvalue weighted by atomic mass is 10.1. The van der Waals surface area contributed by atoms with Crippen LogP contribution in [0.25, 0.3) is 0 Å². The van der Waals surface area contributed by atoms with Gasteiger partial charge < -0.3 is 0 Å². The summed E-state index contributed by atoms with van der Waals surface area (Å²) in [4.78, 5) is 9.03. The largest absolute Gasteiger partial charge is 0.294 e. The summed E-state index contributed by atoms with van der Waals surface area (Å²) in [6, 6.07) is 0. The minimum absolute atomic E-state index is 0.575. The van der Waals surface area contributed by atoms with E-state index in [9.17, 15) is 0 Å². The van der Waals surface area contributed by atoms with Gasteiger partial charge in [-0.05, 0) is 32.1 Å². The molecule has 0 aromatic heterocycles. The van der Waals surface area contributed by atoms with Crippen LogP contribution in [-0.2, 0) is 0 Å². The third-order valence-corrected chi connectivity index (χ3v) is 2.71. The first-order valence-corrected chi connectivity index (χ1v) is 5.97. The molecule has 2 heteroatoms. The Balaban J connectivity index is 3.73. The van der Waals surface area contributed by atoms with Gasteiger partial charge in [0, 0.05) is 24.5 Å². The fourth-order valence-corrected chi connectivity index (χ4v) is 0.947. The molecule has 0 radical (unpaired) electrons. The maximum atomic E-state index is 4.51. The van der Waals surface area contributed by atoms with Crippen molar-refractivity contribution in [1.29, 1.82) is 0 Å². The Morgan fingerprint density at radius 2 is 1.13 bits per heavy atom. The molecule has 0 bridgehead atoms. The van der Waals surface area contributed by atoms with Crippen molar-refractivity contribution in [3.05, 3.63) is 0 Å². The molecule has 0 aromatic carbocycles. The van der Waals surface area contributed by atoms with E-state index in [-0.39, 0.29) is 0 Å². The predicted octanol–water partition coefficient (Wildman–Crippen LogP) is 3.61. The van der Waals surface area contributed by atoms with Gasteiger partial charge in [0.05, 0.1) is 0 Å². The van der Waals surface area contributed by atoms with Gasteiger partial charge in [-0.25, -0.2) is 0 Å². The van der Waals surface area contributed by atoms with Crippen LogP contribution < -0.4 is 0 Å². The molecular weight excluding hydrogens is 184 g/mol. The summed E-state index contributed by atoms with van der Waals surface area (Å²) in [5.74, 6) is 1.15. The zero-order valence-electron chi connectivity index (χ0n) is 11.2. The summed E-state index contributed by atoms with van der Waals surface area (Å²) in [5.41, 5.74) is 2.50. The molecule has 0 rings (SSSR count). The second-order valence-corrected chi connectivity index (χ2v) is 4.71. The predicted molar refractivity (Wildman–Crippen MR) is 70.2 cm³/mol. The standard InChI is InChI=1S/C13H26N2/c1-10(2)12(5)14-8-7-9-15-13(6)11(3)4/h10-11H,7-9H2,1-6H3. The SMILES string of the molecule is CC(=NCCCN=C(C)C(C)C)C(C)C. The molecule has 0 spiro atoms. The number of nitrogens with zero attached hydrogens (tertiary/aromatic N) is 2. The van der Waals surface area contributed by atoms with Crippen LogP contribution in [0.5, 0.6) is 0 Å². The van der Waals surface area contributed by atoms with Crippen LogP contribution >= 0.6 is 0 Å². The topological polar surface area (TPSA) is 24.7 Å². The first kappa shape index (κ1) is 14.3. The maximum absolute atomic E-state index is 4.51. The molecule has 0 saturated heterocycles. The van der Waals surface area contributed by atoms with Crippen molar-refractivity contribution in [3.63, 3.8) is 0 Å². The van der Waals surface area contributed by atoms with Crippen LogP contribution in [-0.4, -0.2) is 24.5 Å². The van der Waals surface area contributed by atoms with E-state index in [1.54, 1.807) is 0 Å². The van der Waals surface area contributed by atoms with E-state index in [1.807, 2.05) is 0 Å². The highest BCUT2D eigenvalue weighted by molar-refractivity contribution is 5.84. The first-order valence-electron chi connectivity index (χ1n) is 5.97. The van der Waals surface area contributed by atoms with Gasteiger partial charge in [0.15, 0.2) is 0 Å². The van der Waals surface area contributed by atoms with Crippen LogP contribution in [0.2, 0.25) is 0 Å². The number of aliphatic imine (C=N–C) groups is 2. The average Bonchev–Trinajstić information content (AvgIpc) is 2.16. The molecule has 0 fully saturated rings. The van der Waals surface area contributed by atoms with E-state index in [1.165, 1.54) is 11.4 Å². The maximum Gasteiger partial charge on any atom is 0.0406 e. The minimum atomic E-state index is 0.575. The van der Waals surface area contributed by atoms with E-state index in [4.69, 9.17) is 0 Å². The van der Waals surface area contributed by atoms with Crippen molar-refractivity contribution < 1.29 is 0 Å². The molecule has 0 aliphatic heterocycles. The molecule has 0 atom stereocenters. The van der Waals surface area contributed by atoms with Crippen molar-refractivity contribution in [2.24, 2.45) is 21.8 Å². The quantitative estimate of drug-likeness (QED) is 0.472. The first-order chi connectivity index (χ1) is 6.95. The number of rotatable bonds is 6. The molecule has 2 nitrogen and oxygen atoms in total. The van der Waals surface area contributed by atoms with E-state index in [0.717, 1.165) is 19.5 Å². The Kier molecular flexibility index (Phi) is 7.27. The zero-order chi connectivity index (χ0) is 11.8. The number of hydrogen-bond acceptors (Lipinski definition) is 2. The van der Waals surface area contributed by atoms with Crippen LogP contribution in [0, 0.1) is 11.8 Å². The Bertz CT molecular complexity index is 201. The van der Waals surface area contributed by atoms with Gasteiger partial charge in [0.25, 0.3) is 0 Å². The highest BCUT2D eigenvalue weighted by Gasteiger charge is 1.97. The molecule has 0 aliphatic carbocycles. The van der Waals surface area contributed by atoms with Gasteiger partial charge in [-0.1, -0.05) is 27.7 Å². The molecule has 0 unspecified atom stereocenters. The molecular formula is C13H26N2. The fraction of sp³-hybridized carbons (Fsp3) is 0.846. The van der Waals surface area contributed by atoms with Crippen molar-refractivity contribution in [1.82, 2.24) is 0 Å². The highest BCUT2D eigenvalue weighted by Crippen LogP contribution is 1.99. The van der Waals surface area contributed by atoms with Crippen molar-refractivity contribution >= 4 is 11.4 Å². The number of hydrogen-bond donors (Lipinski definition) is 0. The van der Waals surface area contributed by atoms with Crippen LogP contribution in [0.1, 0.15) is 48.0 Å². The third kappa shape index (κ3) is 7.29. The summed E-state index contributed by atoms with van der Waals surface area (Å²) in [6.07, 6.45) is 1.06. The summed E-state index contributed by atoms with van der Waals surface area (Å²) < 4.78 is 0. The Labute approximate surface area is 94.9 Å². The van der Waals surface area contributed by atoms with Gasteiger partial charge in [0.1, 0.15) is 0 Å². The van der Waals surface area contributed by atoms with Gasteiger partial charge in [-0.2, -0.15) is 0 Å². The van der Waals surface area contributed by atoms with Gasteiger partial charge in [0.2, 0.25) is 0 Å². The summed E-state index contributed by atoms with van der Waals surface area (Å²) in [5, 5.41) is 0. The van der Waals surface area contributed by atoms with Gasteiger partial charge in [-0.3, -0.25) is 9.98 Å². The van der Waals surface area contributed by atoms with Crippen molar-refractivity contribution in [2.45, 2.75) is 48.0 Å². The minimum Gasteiger partial charge on any atom is -0.294 e. The lowest BCUT2D eigenvalue weighted by Gasteiger charge is -2.04. The second-order valence-electron chi connectivity index (χ2n) is 4.71. The lowest BCUT2D eigenvalue weighted by molar-refractivity contribution is 0.800. The van der Waals surface area contributed by atoms with Crippen LogP contribution in [0.4, 0.5) is 0 Å². The summed E-state index contributed by atoms with van der Waals surface area (Å²) in [7, 11) is 0. The van der Waals surface area contributed by atoms with E-state index >= 15 is 0 Å². The Hall–Kier alpha value is -0.660. The molecule has 15 heavy (non-hydrogen) atoms. The third-order valence-electron chi connectivity index (χ3n) is 2.71. The summed E-state index contributed by atoms with van der Waals surface area (Å²) >= 11 is 0. The van der Waals surface area contributed by atoms with E-state index in [2.05, 4.69) is 51.5 Å². The normalized spacial score (nSPS) is 14.1. The molecule has 88 valence electrons. The molecule has 0 heterocycles. The Morgan fingerprint density at radius 1 is 0.800 bits per heavy atom. The zero-order valence-corrected chi connectivity index (χ0v) is 11.2. The molecule has 0 saturated carbocycles. The molecule has 0 N–H and O–H groups in total. The highest BCUT2D eigenvalue weighted by atomic mass is 14.8. The monoisotopic (exact) mass is 210 g/mol. The molecule has 0 amide bonds.